The van der Waals surface area contributed by atoms with E-state index >= 15 is 4.39 Å². The second-order valence-corrected chi connectivity index (χ2v) is 9.11. The van der Waals surface area contributed by atoms with E-state index in [1.54, 1.807) is 30.0 Å². The maximum absolute atomic E-state index is 15.6. The Balaban J connectivity index is 1.53. The lowest BCUT2D eigenvalue weighted by Gasteiger charge is -2.26. The van der Waals surface area contributed by atoms with Crippen LogP contribution in [0.15, 0.2) is 48.7 Å². The largest absolute Gasteiger partial charge is 0.391 e. The molecule has 1 saturated heterocycles. The number of aromatic nitrogens is 2. The molecule has 2 aliphatic rings. The second kappa shape index (κ2) is 9.81. The predicted octanol–water partition coefficient (Wildman–Crippen LogP) is 3.88. The van der Waals surface area contributed by atoms with Crippen molar-refractivity contribution in [3.05, 3.63) is 65.9 Å². The summed E-state index contributed by atoms with van der Waals surface area (Å²) in [5.74, 6) is -2.41. The first-order valence-corrected chi connectivity index (χ1v) is 11.8. The normalized spacial score (nSPS) is 19.0. The Kier molecular flexibility index (Phi) is 6.55. The fourth-order valence-electron chi connectivity index (χ4n) is 4.73. The summed E-state index contributed by atoms with van der Waals surface area (Å²) >= 11 is 0. The van der Waals surface area contributed by atoms with E-state index in [1.165, 1.54) is 35.4 Å². The van der Waals surface area contributed by atoms with Gasteiger partial charge in [0, 0.05) is 42.2 Å². The average Bonchev–Trinajstić information content (AvgIpc) is 3.29. The third kappa shape index (κ3) is 4.74. The predicted molar refractivity (Wildman–Crippen MR) is 131 cm³/mol. The number of pyridine rings is 2. The maximum Gasteiger partial charge on any atom is 0.263 e. The van der Waals surface area contributed by atoms with Gasteiger partial charge in [0.15, 0.2) is 0 Å². The third-order valence-electron chi connectivity index (χ3n) is 6.62. The van der Waals surface area contributed by atoms with Crippen molar-refractivity contribution in [1.82, 2.24) is 9.97 Å². The van der Waals surface area contributed by atoms with Crippen molar-refractivity contribution in [2.24, 2.45) is 0 Å². The molecule has 8 nitrogen and oxygen atoms in total. The highest BCUT2D eigenvalue weighted by molar-refractivity contribution is 6.09. The Morgan fingerprint density at radius 1 is 1.24 bits per heavy atom. The number of carbonyl (C=O) groups is 2. The number of hydrogen-bond donors (Lipinski definition) is 2. The van der Waals surface area contributed by atoms with Crippen molar-refractivity contribution in [3.63, 3.8) is 0 Å². The molecule has 2 aliphatic heterocycles. The molecule has 4 heterocycles. The Bertz CT molecular complexity index is 1350. The smallest absolute Gasteiger partial charge is 0.263 e. The van der Waals surface area contributed by atoms with Crippen molar-refractivity contribution in [2.75, 3.05) is 34.8 Å². The molecule has 0 aliphatic carbocycles. The van der Waals surface area contributed by atoms with Gasteiger partial charge in [-0.3, -0.25) is 14.6 Å². The fourth-order valence-corrected chi connectivity index (χ4v) is 4.73. The lowest BCUT2D eigenvalue weighted by Crippen LogP contribution is -2.40. The lowest BCUT2D eigenvalue weighted by atomic mass is 9.98. The second-order valence-electron chi connectivity index (χ2n) is 9.11. The summed E-state index contributed by atoms with van der Waals surface area (Å²) in [6.45, 7) is 1.91. The molecule has 2 unspecified atom stereocenters. The Morgan fingerprint density at radius 2 is 2.00 bits per heavy atom. The minimum absolute atomic E-state index is 0.0541. The fraction of sp³-hybridized carbons (Fsp3) is 0.308. The van der Waals surface area contributed by atoms with Gasteiger partial charge < -0.3 is 20.2 Å². The molecule has 1 fully saturated rings. The van der Waals surface area contributed by atoms with Crippen LogP contribution in [-0.2, 0) is 9.59 Å². The van der Waals surface area contributed by atoms with Gasteiger partial charge in [-0.15, -0.1) is 0 Å². The Labute approximate surface area is 210 Å². The van der Waals surface area contributed by atoms with Gasteiger partial charge in [0.2, 0.25) is 17.8 Å². The number of alkyl halides is 2. The van der Waals surface area contributed by atoms with Crippen LogP contribution in [0.2, 0.25) is 0 Å². The first-order valence-electron chi connectivity index (χ1n) is 11.8. The van der Waals surface area contributed by atoms with Gasteiger partial charge in [0.1, 0.15) is 12.4 Å². The molecule has 2 aromatic heterocycles. The van der Waals surface area contributed by atoms with E-state index in [2.05, 4.69) is 15.3 Å². The number of fused-ring (bicyclic) bond motifs is 3. The van der Waals surface area contributed by atoms with Gasteiger partial charge in [-0.1, -0.05) is 18.2 Å². The SMILES string of the molecule is CC1C(=O)N(CC(=O)Nc2ccc(C(F)F)cc2)c2cc(N3CCC(O)C3)nc(F)c2-c2cccnc21. The molecule has 0 radical (unpaired) electrons. The van der Waals surface area contributed by atoms with Crippen LogP contribution < -0.4 is 15.1 Å². The number of hydrogen-bond acceptors (Lipinski definition) is 6. The van der Waals surface area contributed by atoms with Gasteiger partial charge in [-0.25, -0.2) is 13.8 Å². The van der Waals surface area contributed by atoms with Crippen molar-refractivity contribution in [3.8, 4) is 11.1 Å². The molecule has 0 bridgehead atoms. The molecule has 5 rings (SSSR count). The molecule has 1 aromatic carbocycles. The standard InChI is InChI=1S/C26H24F3N5O3/c1-14-23-18(3-2-9-30-23)22-19(11-20(32-25(22)29)33-10-8-17(35)12-33)34(26(14)37)13-21(36)31-16-6-4-15(5-7-16)24(27)28/h2-7,9,11,14,17,24,35H,8,10,12-13H2,1H3,(H,31,36). The molecule has 0 saturated carbocycles. The van der Waals surface area contributed by atoms with Gasteiger partial charge in [0.25, 0.3) is 6.43 Å². The van der Waals surface area contributed by atoms with E-state index in [9.17, 15) is 23.5 Å². The van der Waals surface area contributed by atoms with Crippen molar-refractivity contribution >= 4 is 29.0 Å². The number of anilines is 3. The molecule has 37 heavy (non-hydrogen) atoms. The molecule has 192 valence electrons. The number of nitrogens with one attached hydrogen (secondary N) is 1. The first-order chi connectivity index (χ1) is 17.7. The summed E-state index contributed by atoms with van der Waals surface area (Å²) in [6, 6.07) is 9.94. The van der Waals surface area contributed by atoms with Gasteiger partial charge in [0.05, 0.1) is 29.0 Å². The number of rotatable bonds is 5. The van der Waals surface area contributed by atoms with Gasteiger partial charge >= 0.3 is 0 Å². The van der Waals surface area contributed by atoms with E-state index in [0.717, 1.165) is 0 Å². The molecular weight excluding hydrogens is 487 g/mol. The van der Waals surface area contributed by atoms with Crippen molar-refractivity contribution in [1.29, 1.82) is 0 Å². The molecule has 0 spiro atoms. The number of amides is 2. The minimum atomic E-state index is -2.64. The maximum atomic E-state index is 15.6. The Morgan fingerprint density at radius 3 is 2.68 bits per heavy atom. The number of benzene rings is 1. The number of aliphatic hydroxyl groups excluding tert-OH is 1. The Hall–Kier alpha value is -3.99. The quantitative estimate of drug-likeness (QED) is 0.505. The van der Waals surface area contributed by atoms with E-state index in [-0.39, 0.29) is 34.9 Å². The minimum Gasteiger partial charge on any atom is -0.391 e. The molecular formula is C26H24F3N5O3. The van der Waals surface area contributed by atoms with E-state index in [0.29, 0.717) is 24.2 Å². The molecule has 11 heteroatoms. The van der Waals surface area contributed by atoms with Crippen LogP contribution in [0.25, 0.3) is 11.1 Å². The van der Waals surface area contributed by atoms with Crippen LogP contribution in [0.3, 0.4) is 0 Å². The average molecular weight is 512 g/mol. The zero-order chi connectivity index (χ0) is 26.3. The van der Waals surface area contributed by atoms with Crippen molar-refractivity contribution in [2.45, 2.75) is 31.8 Å². The van der Waals surface area contributed by atoms with Gasteiger partial charge in [-0.05, 0) is 31.5 Å². The number of nitrogens with zero attached hydrogens (tertiary/aromatic N) is 4. The summed E-state index contributed by atoms with van der Waals surface area (Å²) in [5, 5.41) is 12.6. The van der Waals surface area contributed by atoms with Crippen molar-refractivity contribution < 1.29 is 27.9 Å². The van der Waals surface area contributed by atoms with Crippen LogP contribution in [0.4, 0.5) is 30.4 Å². The summed E-state index contributed by atoms with van der Waals surface area (Å²) in [4.78, 5) is 38.0. The van der Waals surface area contributed by atoms with E-state index in [1.807, 2.05) is 0 Å². The summed E-state index contributed by atoms with van der Waals surface area (Å²) in [5.41, 5.74) is 1.08. The highest BCUT2D eigenvalue weighted by Crippen LogP contribution is 2.42. The van der Waals surface area contributed by atoms with Crippen LogP contribution >= 0.6 is 0 Å². The summed E-state index contributed by atoms with van der Waals surface area (Å²) in [6.07, 6.45) is -1.20. The number of β-amino-alcohol motifs (C(OH)–C–C–N with tert-alkyl or cyclic N) is 1. The summed E-state index contributed by atoms with van der Waals surface area (Å²) in [7, 11) is 0. The van der Waals surface area contributed by atoms with Crippen LogP contribution in [0.5, 0.6) is 0 Å². The zero-order valence-corrected chi connectivity index (χ0v) is 19.9. The topological polar surface area (TPSA) is 98.7 Å². The number of aliphatic hydroxyl groups is 1. The van der Waals surface area contributed by atoms with Crippen LogP contribution in [0.1, 0.15) is 36.9 Å². The first kappa shape index (κ1) is 24.7. The number of carbonyl (C=O) groups excluding carboxylic acids is 2. The van der Waals surface area contributed by atoms with Gasteiger partial charge in [-0.2, -0.15) is 4.39 Å². The molecule has 2 amide bonds. The van der Waals surface area contributed by atoms with Crippen LogP contribution in [-0.4, -0.2) is 52.6 Å². The number of halogens is 3. The van der Waals surface area contributed by atoms with E-state index < -0.39 is 42.8 Å². The molecule has 2 N–H and O–H groups in total. The zero-order valence-electron chi connectivity index (χ0n) is 19.9. The monoisotopic (exact) mass is 511 g/mol. The van der Waals surface area contributed by atoms with E-state index in [4.69, 9.17) is 0 Å². The highest BCUT2D eigenvalue weighted by atomic mass is 19.3. The lowest BCUT2D eigenvalue weighted by molar-refractivity contribution is -0.122. The third-order valence-corrected chi connectivity index (χ3v) is 6.62. The molecule has 2 atom stereocenters. The highest BCUT2D eigenvalue weighted by Gasteiger charge is 2.36. The summed E-state index contributed by atoms with van der Waals surface area (Å²) < 4.78 is 41.3. The molecule has 3 aromatic rings. The van der Waals surface area contributed by atoms with Crippen LogP contribution in [0, 0.1) is 5.95 Å².